The molecule has 1 fully saturated rings. The highest BCUT2D eigenvalue weighted by molar-refractivity contribution is 6.03. The Morgan fingerprint density at radius 3 is 2.90 bits per heavy atom. The van der Waals surface area contributed by atoms with Gasteiger partial charge in [0.05, 0.1) is 6.61 Å². The Balaban J connectivity index is 1.76. The number of pyridine rings is 1. The van der Waals surface area contributed by atoms with Crippen molar-refractivity contribution in [2.24, 2.45) is 0 Å². The van der Waals surface area contributed by atoms with Gasteiger partial charge in [-0.2, -0.15) is 0 Å². The third-order valence-corrected chi connectivity index (χ3v) is 3.45. The van der Waals surface area contributed by atoms with Crippen LogP contribution in [0.5, 0.6) is 0 Å². The number of aromatic nitrogens is 1. The standard InChI is InChI=1S/C16H16N2O2/c19-10-11-6-7-17-15(8-11)18-16(20)14-3-1-2-13(9-14)12-4-5-12/h1-3,6-9,12,19H,4-5,10H2,(H,17,18,20). The average Bonchev–Trinajstić information content (AvgIpc) is 3.32. The summed E-state index contributed by atoms with van der Waals surface area (Å²) >= 11 is 0. The van der Waals surface area contributed by atoms with Gasteiger partial charge in [-0.15, -0.1) is 0 Å². The van der Waals surface area contributed by atoms with Crippen molar-refractivity contribution < 1.29 is 9.90 Å². The summed E-state index contributed by atoms with van der Waals surface area (Å²) in [5.74, 6) is 0.909. The number of hydrogen-bond donors (Lipinski definition) is 2. The molecule has 0 unspecified atom stereocenters. The SMILES string of the molecule is O=C(Nc1cc(CO)ccn1)c1cccc(C2CC2)c1. The van der Waals surface area contributed by atoms with Gasteiger partial charge < -0.3 is 10.4 Å². The number of aliphatic hydroxyl groups is 1. The molecule has 2 aromatic rings. The first-order valence-corrected chi connectivity index (χ1v) is 6.73. The van der Waals surface area contributed by atoms with Crippen LogP contribution in [-0.4, -0.2) is 16.0 Å². The van der Waals surface area contributed by atoms with Crippen molar-refractivity contribution in [1.29, 1.82) is 0 Å². The van der Waals surface area contributed by atoms with Crippen LogP contribution in [0.2, 0.25) is 0 Å². The Labute approximate surface area is 117 Å². The van der Waals surface area contributed by atoms with Crippen LogP contribution >= 0.6 is 0 Å². The Kier molecular flexibility index (Phi) is 3.48. The number of amides is 1. The molecule has 0 radical (unpaired) electrons. The molecule has 0 aliphatic heterocycles. The van der Waals surface area contributed by atoms with E-state index >= 15 is 0 Å². The van der Waals surface area contributed by atoms with Gasteiger partial charge in [-0.3, -0.25) is 4.79 Å². The fourth-order valence-electron chi connectivity index (χ4n) is 2.18. The summed E-state index contributed by atoms with van der Waals surface area (Å²) in [6, 6.07) is 11.1. The lowest BCUT2D eigenvalue weighted by molar-refractivity contribution is 0.102. The Morgan fingerprint density at radius 2 is 2.15 bits per heavy atom. The van der Waals surface area contributed by atoms with Crippen molar-refractivity contribution in [3.8, 4) is 0 Å². The molecule has 4 heteroatoms. The largest absolute Gasteiger partial charge is 0.392 e. The Bertz CT molecular complexity index is 636. The predicted molar refractivity (Wildman–Crippen MR) is 76.5 cm³/mol. The molecule has 0 saturated heterocycles. The molecule has 0 atom stereocenters. The van der Waals surface area contributed by atoms with Crippen molar-refractivity contribution in [1.82, 2.24) is 4.98 Å². The summed E-state index contributed by atoms with van der Waals surface area (Å²) in [6.07, 6.45) is 4.00. The van der Waals surface area contributed by atoms with Crippen molar-refractivity contribution in [2.45, 2.75) is 25.4 Å². The second-order valence-electron chi connectivity index (χ2n) is 5.06. The van der Waals surface area contributed by atoms with E-state index in [0.29, 0.717) is 17.3 Å². The molecule has 1 heterocycles. The van der Waals surface area contributed by atoms with E-state index in [1.807, 2.05) is 12.1 Å². The number of carbonyl (C=O) groups is 1. The topological polar surface area (TPSA) is 62.2 Å². The molecule has 1 aromatic heterocycles. The van der Waals surface area contributed by atoms with E-state index in [0.717, 1.165) is 5.56 Å². The van der Waals surface area contributed by atoms with Gasteiger partial charge in [0.25, 0.3) is 5.91 Å². The number of anilines is 1. The highest BCUT2D eigenvalue weighted by Gasteiger charge is 2.24. The number of aliphatic hydroxyl groups excluding tert-OH is 1. The van der Waals surface area contributed by atoms with Gasteiger partial charge >= 0.3 is 0 Å². The zero-order valence-corrected chi connectivity index (χ0v) is 11.0. The first kappa shape index (κ1) is 12.8. The van der Waals surface area contributed by atoms with Gasteiger partial charge in [-0.1, -0.05) is 12.1 Å². The lowest BCUT2D eigenvalue weighted by atomic mass is 10.1. The quantitative estimate of drug-likeness (QED) is 0.896. The van der Waals surface area contributed by atoms with Crippen LogP contribution in [0, 0.1) is 0 Å². The van der Waals surface area contributed by atoms with Crippen molar-refractivity contribution in [3.63, 3.8) is 0 Å². The number of carbonyl (C=O) groups excluding carboxylic acids is 1. The number of nitrogens with one attached hydrogen (secondary N) is 1. The molecule has 102 valence electrons. The van der Waals surface area contributed by atoms with Gasteiger partial charge in [-0.05, 0) is 54.2 Å². The molecule has 3 rings (SSSR count). The number of hydrogen-bond acceptors (Lipinski definition) is 3. The number of nitrogens with zero attached hydrogens (tertiary/aromatic N) is 1. The molecule has 0 bridgehead atoms. The summed E-state index contributed by atoms with van der Waals surface area (Å²) in [5, 5.41) is 11.8. The zero-order valence-electron chi connectivity index (χ0n) is 11.0. The summed E-state index contributed by atoms with van der Waals surface area (Å²) in [6.45, 7) is -0.0669. The van der Waals surface area contributed by atoms with Gasteiger partial charge in [0.1, 0.15) is 5.82 Å². The maximum atomic E-state index is 12.2. The fourth-order valence-corrected chi connectivity index (χ4v) is 2.18. The van der Waals surface area contributed by atoms with Crippen LogP contribution in [0.4, 0.5) is 5.82 Å². The monoisotopic (exact) mass is 268 g/mol. The molecular weight excluding hydrogens is 252 g/mol. The van der Waals surface area contributed by atoms with Gasteiger partial charge in [0.2, 0.25) is 0 Å². The van der Waals surface area contributed by atoms with Crippen LogP contribution in [-0.2, 0) is 6.61 Å². The molecule has 1 amide bonds. The fraction of sp³-hybridized carbons (Fsp3) is 0.250. The first-order chi connectivity index (χ1) is 9.76. The lowest BCUT2D eigenvalue weighted by Crippen LogP contribution is -2.13. The van der Waals surface area contributed by atoms with Crippen LogP contribution in [0.15, 0.2) is 42.6 Å². The smallest absolute Gasteiger partial charge is 0.256 e. The minimum absolute atomic E-state index is 0.0669. The minimum Gasteiger partial charge on any atom is -0.392 e. The number of rotatable bonds is 4. The molecule has 1 saturated carbocycles. The summed E-state index contributed by atoms with van der Waals surface area (Å²) in [7, 11) is 0. The van der Waals surface area contributed by atoms with Crippen molar-refractivity contribution >= 4 is 11.7 Å². The molecule has 1 aliphatic carbocycles. The van der Waals surface area contributed by atoms with Gasteiger partial charge in [0.15, 0.2) is 0 Å². The normalized spacial score (nSPS) is 14.1. The Hall–Kier alpha value is -2.20. The molecule has 20 heavy (non-hydrogen) atoms. The van der Waals surface area contributed by atoms with E-state index < -0.39 is 0 Å². The zero-order chi connectivity index (χ0) is 13.9. The van der Waals surface area contributed by atoms with Crippen molar-refractivity contribution in [3.05, 3.63) is 59.3 Å². The molecule has 0 spiro atoms. The Morgan fingerprint density at radius 1 is 1.30 bits per heavy atom. The minimum atomic E-state index is -0.171. The van der Waals surface area contributed by atoms with E-state index in [-0.39, 0.29) is 12.5 Å². The maximum absolute atomic E-state index is 12.2. The third kappa shape index (κ3) is 2.86. The second kappa shape index (κ2) is 5.43. The number of benzene rings is 1. The van der Waals surface area contributed by atoms with Crippen molar-refractivity contribution in [2.75, 3.05) is 5.32 Å². The molecular formula is C16H16N2O2. The summed E-state index contributed by atoms with van der Waals surface area (Å²) < 4.78 is 0. The first-order valence-electron chi connectivity index (χ1n) is 6.73. The van der Waals surface area contributed by atoms with Gasteiger partial charge in [-0.25, -0.2) is 4.98 Å². The van der Waals surface area contributed by atoms with Crippen LogP contribution in [0.3, 0.4) is 0 Å². The molecule has 1 aliphatic rings. The molecule has 2 N–H and O–H groups in total. The average molecular weight is 268 g/mol. The predicted octanol–water partition coefficient (Wildman–Crippen LogP) is 2.70. The third-order valence-electron chi connectivity index (χ3n) is 3.45. The summed E-state index contributed by atoms with van der Waals surface area (Å²) in [4.78, 5) is 16.3. The van der Waals surface area contributed by atoms with E-state index in [9.17, 15) is 4.79 Å². The van der Waals surface area contributed by atoms with Crippen LogP contribution < -0.4 is 5.32 Å². The summed E-state index contributed by atoms with van der Waals surface area (Å²) in [5.41, 5.74) is 2.60. The molecule has 4 nitrogen and oxygen atoms in total. The van der Waals surface area contributed by atoms with E-state index in [2.05, 4.69) is 16.4 Å². The van der Waals surface area contributed by atoms with Crippen LogP contribution in [0.1, 0.15) is 40.2 Å². The highest BCUT2D eigenvalue weighted by Crippen LogP contribution is 2.40. The second-order valence-corrected chi connectivity index (χ2v) is 5.06. The highest BCUT2D eigenvalue weighted by atomic mass is 16.3. The van der Waals surface area contributed by atoms with Gasteiger partial charge in [0, 0.05) is 11.8 Å². The maximum Gasteiger partial charge on any atom is 0.256 e. The van der Waals surface area contributed by atoms with Crippen LogP contribution in [0.25, 0.3) is 0 Å². The van der Waals surface area contributed by atoms with E-state index in [1.165, 1.54) is 18.4 Å². The lowest BCUT2D eigenvalue weighted by Gasteiger charge is -2.07. The van der Waals surface area contributed by atoms with E-state index in [4.69, 9.17) is 5.11 Å². The molecule has 1 aromatic carbocycles. The van der Waals surface area contributed by atoms with E-state index in [1.54, 1.807) is 24.4 Å².